The molecule has 16 heteroatoms. The molecule has 1 amide bonds. The largest absolute Gasteiger partial charge is 1.00 e. The van der Waals surface area contributed by atoms with Crippen molar-refractivity contribution in [2.75, 3.05) is 5.01 Å². The number of hydrogen-bond acceptors (Lipinski definition) is 9. The molecule has 4 rings (SSSR count). The number of benzene rings is 2. The number of hydrogen-bond donors (Lipinski definition) is 1. The molecule has 0 fully saturated rings. The van der Waals surface area contributed by atoms with Crippen molar-refractivity contribution in [3.05, 3.63) is 87.9 Å². The van der Waals surface area contributed by atoms with Crippen molar-refractivity contribution in [1.82, 2.24) is 9.78 Å². The number of carbonyl (C=O) groups is 1. The average molecular weight is 621 g/mol. The monoisotopic (exact) mass is 620 g/mol. The number of rotatable bonds is 6. The molecule has 0 unspecified atom stereocenters. The molecule has 0 saturated heterocycles. The van der Waals surface area contributed by atoms with Crippen LogP contribution in [0, 0.1) is 6.92 Å². The summed E-state index contributed by atoms with van der Waals surface area (Å²) < 4.78 is 67.9. The molecule has 0 atom stereocenters. The molecule has 39 heavy (non-hydrogen) atoms. The fourth-order valence-electron chi connectivity index (χ4n) is 3.58. The summed E-state index contributed by atoms with van der Waals surface area (Å²) in [6.45, 7) is 3.26. The molecule has 0 spiro atoms. The number of carbonyl (C=O) groups excluding carboxylic acids is 1. The van der Waals surface area contributed by atoms with Gasteiger partial charge in [0.1, 0.15) is 20.2 Å². The van der Waals surface area contributed by atoms with Crippen molar-refractivity contribution in [3.63, 3.8) is 0 Å². The van der Waals surface area contributed by atoms with Crippen molar-refractivity contribution in [3.8, 4) is 5.69 Å². The SMILES string of the molecule is CC1=NN(c2ccc(S(=O)(=O)[O-])cc2)C(=O)C1=CC=Cc1c(C)[nH]n(-c2ccc(S(=O)(=O)[O-])cc2)c1=O.[K+].[K+]. The van der Waals surface area contributed by atoms with E-state index in [0.29, 0.717) is 17.1 Å². The molecule has 2 heterocycles. The molecule has 1 N–H and O–H groups in total. The van der Waals surface area contributed by atoms with Crippen molar-refractivity contribution in [2.24, 2.45) is 5.10 Å². The summed E-state index contributed by atoms with van der Waals surface area (Å²) in [5.74, 6) is -0.489. The molecule has 0 aliphatic carbocycles. The molecular weight excluding hydrogens is 603 g/mol. The van der Waals surface area contributed by atoms with Gasteiger partial charge >= 0.3 is 103 Å². The van der Waals surface area contributed by atoms with Crippen LogP contribution in [0.5, 0.6) is 0 Å². The van der Waals surface area contributed by atoms with Crippen LogP contribution >= 0.6 is 0 Å². The Balaban J connectivity index is 0.00000267. The Morgan fingerprint density at radius 1 is 0.821 bits per heavy atom. The van der Waals surface area contributed by atoms with E-state index in [1.54, 1.807) is 13.8 Å². The van der Waals surface area contributed by atoms with Gasteiger partial charge in [0, 0.05) is 5.69 Å². The summed E-state index contributed by atoms with van der Waals surface area (Å²) >= 11 is 0. The maximum absolute atomic E-state index is 12.9. The Hall–Kier alpha value is -0.837. The number of anilines is 1. The number of nitrogens with zero attached hydrogens (tertiary/aromatic N) is 3. The average Bonchev–Trinajstić information content (AvgIpc) is 3.28. The van der Waals surface area contributed by atoms with Crippen LogP contribution in [0.15, 0.2) is 85.9 Å². The van der Waals surface area contributed by atoms with Crippen LogP contribution in [0.2, 0.25) is 0 Å². The normalized spacial score (nSPS) is 14.9. The van der Waals surface area contributed by atoms with Crippen molar-refractivity contribution >= 4 is 43.6 Å². The van der Waals surface area contributed by atoms with Crippen LogP contribution < -0.4 is 113 Å². The van der Waals surface area contributed by atoms with Crippen molar-refractivity contribution in [1.29, 1.82) is 0 Å². The third-order valence-electron chi connectivity index (χ3n) is 5.46. The minimum absolute atomic E-state index is 0. The van der Waals surface area contributed by atoms with Gasteiger partial charge in [0.2, 0.25) is 0 Å². The zero-order chi connectivity index (χ0) is 27.1. The molecular formula is C23H18K2N4O8S2. The molecule has 3 aromatic rings. The van der Waals surface area contributed by atoms with Crippen molar-refractivity contribution in [2.45, 2.75) is 23.6 Å². The molecule has 1 aliphatic rings. The second kappa shape index (κ2) is 13.4. The second-order valence-corrected chi connectivity index (χ2v) is 10.7. The third kappa shape index (κ3) is 7.72. The molecule has 1 aromatic heterocycles. The van der Waals surface area contributed by atoms with E-state index in [0.717, 1.165) is 29.3 Å². The van der Waals surface area contributed by atoms with E-state index in [2.05, 4.69) is 10.2 Å². The quantitative estimate of drug-likeness (QED) is 0.163. The van der Waals surface area contributed by atoms with Gasteiger partial charge in [-0.2, -0.15) is 10.1 Å². The first-order valence-electron chi connectivity index (χ1n) is 10.5. The van der Waals surface area contributed by atoms with Gasteiger partial charge in [0.15, 0.2) is 0 Å². The van der Waals surface area contributed by atoms with E-state index >= 15 is 0 Å². The van der Waals surface area contributed by atoms with Crippen molar-refractivity contribution < 1.29 is 134 Å². The first kappa shape index (κ1) is 34.4. The van der Waals surface area contributed by atoms with Crippen LogP contribution in [0.25, 0.3) is 11.8 Å². The topological polar surface area (TPSA) is 185 Å². The standard InChI is InChI=1S/C23H20N4O8S2.2K/c1-14-20(22(28)26(24-14)16-6-10-18(11-7-16)36(30,31)32)4-3-5-21-15(2)25-27(23(21)29)17-8-12-19(13-9-17)37(33,34)35;;/h3-13,24H,1-2H3,(H,30,31,32)(H,33,34,35);;/q;2*+1/p-2. The van der Waals surface area contributed by atoms with E-state index in [9.17, 15) is 35.5 Å². The van der Waals surface area contributed by atoms with E-state index < -0.39 is 41.5 Å². The predicted molar refractivity (Wildman–Crippen MR) is 131 cm³/mol. The number of amides is 1. The van der Waals surface area contributed by atoms with Crippen LogP contribution in [0.1, 0.15) is 18.2 Å². The fraction of sp³-hybridized carbons (Fsp3) is 0.0870. The first-order chi connectivity index (χ1) is 17.3. The van der Waals surface area contributed by atoms with Crippen LogP contribution in [-0.2, 0) is 25.0 Å². The van der Waals surface area contributed by atoms with Gasteiger partial charge in [-0.15, -0.1) is 0 Å². The van der Waals surface area contributed by atoms with Gasteiger partial charge in [0.25, 0.3) is 11.5 Å². The zero-order valence-electron chi connectivity index (χ0n) is 21.3. The van der Waals surface area contributed by atoms with E-state index in [1.807, 2.05) is 0 Å². The zero-order valence-corrected chi connectivity index (χ0v) is 29.2. The summed E-state index contributed by atoms with van der Waals surface area (Å²) in [6, 6.07) is 9.62. The Kier molecular flexibility index (Phi) is 11.8. The minimum atomic E-state index is -4.62. The van der Waals surface area contributed by atoms with Crippen LogP contribution in [0.4, 0.5) is 5.69 Å². The Labute approximate surface area is 309 Å². The van der Waals surface area contributed by atoms with Gasteiger partial charge < -0.3 is 9.11 Å². The Morgan fingerprint density at radius 3 is 1.79 bits per heavy atom. The predicted octanol–water partition coefficient (Wildman–Crippen LogP) is -4.35. The third-order valence-corrected chi connectivity index (χ3v) is 7.16. The smallest absolute Gasteiger partial charge is 0.744 e. The molecule has 0 saturated carbocycles. The van der Waals surface area contributed by atoms with Gasteiger partial charge in [-0.3, -0.25) is 14.7 Å². The molecule has 2 aromatic carbocycles. The number of aromatic nitrogens is 2. The Morgan fingerprint density at radius 2 is 1.31 bits per heavy atom. The van der Waals surface area contributed by atoms with Gasteiger partial charge in [-0.1, -0.05) is 6.08 Å². The number of aryl methyl sites for hydroxylation is 1. The van der Waals surface area contributed by atoms with Gasteiger partial charge in [0.05, 0.1) is 38.0 Å². The molecule has 0 bridgehead atoms. The van der Waals surface area contributed by atoms with Crippen LogP contribution in [-0.4, -0.2) is 47.3 Å². The first-order valence-corrected chi connectivity index (χ1v) is 13.3. The summed E-state index contributed by atoms with van der Waals surface area (Å²) in [6.07, 6.45) is 4.46. The molecule has 12 nitrogen and oxygen atoms in total. The van der Waals surface area contributed by atoms with Gasteiger partial charge in [-0.05, 0) is 74.5 Å². The van der Waals surface area contributed by atoms with Crippen LogP contribution in [0.3, 0.4) is 0 Å². The minimum Gasteiger partial charge on any atom is -0.744 e. The summed E-state index contributed by atoms with van der Waals surface area (Å²) in [7, 11) is -9.24. The molecule has 0 radical (unpaired) electrons. The van der Waals surface area contributed by atoms with Gasteiger partial charge in [-0.25, -0.2) is 21.5 Å². The number of hydrazone groups is 1. The second-order valence-electron chi connectivity index (χ2n) is 7.93. The maximum Gasteiger partial charge on any atom is 1.00 e. The number of nitrogens with one attached hydrogen (secondary N) is 1. The maximum atomic E-state index is 12.9. The molecule has 1 aliphatic heterocycles. The summed E-state index contributed by atoms with van der Waals surface area (Å²) in [5, 5.41) is 8.11. The summed E-state index contributed by atoms with van der Waals surface area (Å²) in [5.41, 5.74) is 1.54. The van der Waals surface area contributed by atoms with E-state index in [1.165, 1.54) is 47.2 Å². The molecule has 192 valence electrons. The van der Waals surface area contributed by atoms with E-state index in [4.69, 9.17) is 0 Å². The fourth-order valence-corrected chi connectivity index (χ4v) is 4.52. The summed E-state index contributed by atoms with van der Waals surface area (Å²) in [4.78, 5) is 24.9. The Bertz CT molecular complexity index is 1770. The number of aromatic amines is 1. The number of allylic oxidation sites excluding steroid dienone is 2. The van der Waals surface area contributed by atoms with E-state index in [-0.39, 0.29) is 120 Å². The number of H-pyrrole nitrogens is 1.